The maximum atomic E-state index is 12.4. The third kappa shape index (κ3) is 3.44. The molecule has 8 heteroatoms. The first-order valence-corrected chi connectivity index (χ1v) is 9.59. The summed E-state index contributed by atoms with van der Waals surface area (Å²) >= 11 is 0. The van der Waals surface area contributed by atoms with Crippen LogP contribution in [0.1, 0.15) is 32.3 Å². The molecule has 0 bridgehead atoms. The Morgan fingerprint density at radius 3 is 2.88 bits per heavy atom. The van der Waals surface area contributed by atoms with Crippen LogP contribution in [0.5, 0.6) is 0 Å². The van der Waals surface area contributed by atoms with Crippen molar-refractivity contribution in [3.05, 3.63) is 29.8 Å². The number of fused-ring (bicyclic) bond motifs is 1. The summed E-state index contributed by atoms with van der Waals surface area (Å²) in [6, 6.07) is 6.46. The highest BCUT2D eigenvalue weighted by Gasteiger charge is 2.31. The quantitative estimate of drug-likeness (QED) is 0.733. The van der Waals surface area contributed by atoms with E-state index in [-0.39, 0.29) is 22.7 Å². The van der Waals surface area contributed by atoms with Crippen LogP contribution in [0, 0.1) is 0 Å². The average molecular weight is 350 g/mol. The van der Waals surface area contributed by atoms with Gasteiger partial charge in [-0.1, -0.05) is 12.1 Å². The van der Waals surface area contributed by atoms with Gasteiger partial charge in [0.25, 0.3) is 10.0 Å². The SMILES string of the molecule is CC1CC(NC(=O)C(C)N=C2NS(=O)(=O)c3ccccc32)CCN1. The van der Waals surface area contributed by atoms with Crippen LogP contribution in [-0.2, 0) is 14.8 Å². The maximum absolute atomic E-state index is 12.4. The van der Waals surface area contributed by atoms with Crippen molar-refractivity contribution in [2.75, 3.05) is 6.54 Å². The molecule has 1 fully saturated rings. The van der Waals surface area contributed by atoms with E-state index in [2.05, 4.69) is 27.3 Å². The van der Waals surface area contributed by atoms with Crippen LogP contribution >= 0.6 is 0 Å². The minimum Gasteiger partial charge on any atom is -0.351 e. The van der Waals surface area contributed by atoms with Crippen LogP contribution in [0.2, 0.25) is 0 Å². The van der Waals surface area contributed by atoms with E-state index in [0.717, 1.165) is 19.4 Å². The molecule has 0 saturated carbocycles. The van der Waals surface area contributed by atoms with Crippen molar-refractivity contribution in [3.63, 3.8) is 0 Å². The first-order valence-electron chi connectivity index (χ1n) is 8.10. The van der Waals surface area contributed by atoms with Crippen LogP contribution < -0.4 is 15.4 Å². The van der Waals surface area contributed by atoms with Crippen LogP contribution in [0.4, 0.5) is 0 Å². The lowest BCUT2D eigenvalue weighted by molar-refractivity contribution is -0.122. The van der Waals surface area contributed by atoms with Crippen molar-refractivity contribution in [1.29, 1.82) is 0 Å². The molecule has 3 rings (SSSR count). The molecule has 1 aromatic carbocycles. The number of amides is 1. The monoisotopic (exact) mass is 350 g/mol. The molecule has 0 aromatic heterocycles. The van der Waals surface area contributed by atoms with Crippen molar-refractivity contribution in [2.45, 2.75) is 49.7 Å². The van der Waals surface area contributed by atoms with Crippen molar-refractivity contribution < 1.29 is 13.2 Å². The Bertz CT molecular complexity index is 775. The lowest BCUT2D eigenvalue weighted by Crippen LogP contribution is -2.48. The average Bonchev–Trinajstić information content (AvgIpc) is 2.78. The zero-order chi connectivity index (χ0) is 17.3. The van der Waals surface area contributed by atoms with Gasteiger partial charge in [-0.3, -0.25) is 14.5 Å². The number of benzene rings is 1. The minimum absolute atomic E-state index is 0.129. The lowest BCUT2D eigenvalue weighted by Gasteiger charge is -2.29. The summed E-state index contributed by atoms with van der Waals surface area (Å²) in [6.45, 7) is 4.64. The van der Waals surface area contributed by atoms with Crippen LogP contribution in [0.3, 0.4) is 0 Å². The molecule has 3 atom stereocenters. The van der Waals surface area contributed by atoms with Gasteiger partial charge in [0.15, 0.2) is 0 Å². The molecule has 2 aliphatic heterocycles. The van der Waals surface area contributed by atoms with Gasteiger partial charge in [0.1, 0.15) is 11.9 Å². The molecule has 7 nitrogen and oxygen atoms in total. The highest BCUT2D eigenvalue weighted by molar-refractivity contribution is 7.90. The van der Waals surface area contributed by atoms with Crippen molar-refractivity contribution >= 4 is 21.8 Å². The smallest absolute Gasteiger partial charge is 0.263 e. The highest BCUT2D eigenvalue weighted by Crippen LogP contribution is 2.22. The van der Waals surface area contributed by atoms with Gasteiger partial charge in [-0.05, 0) is 45.4 Å². The third-order valence-corrected chi connectivity index (χ3v) is 5.73. The molecule has 0 aliphatic carbocycles. The van der Waals surface area contributed by atoms with Gasteiger partial charge in [-0.15, -0.1) is 0 Å². The number of piperidine rings is 1. The Labute approximate surface area is 142 Å². The largest absolute Gasteiger partial charge is 0.351 e. The highest BCUT2D eigenvalue weighted by atomic mass is 32.2. The second-order valence-corrected chi connectivity index (χ2v) is 7.99. The number of carbonyl (C=O) groups excluding carboxylic acids is 1. The normalized spacial score (nSPS) is 28.0. The van der Waals surface area contributed by atoms with Crippen LogP contribution in [0.15, 0.2) is 34.2 Å². The van der Waals surface area contributed by atoms with Crippen LogP contribution in [0.25, 0.3) is 0 Å². The predicted molar refractivity (Wildman–Crippen MR) is 91.4 cm³/mol. The topological polar surface area (TPSA) is 99.7 Å². The van der Waals surface area contributed by atoms with E-state index in [9.17, 15) is 13.2 Å². The molecule has 1 saturated heterocycles. The maximum Gasteiger partial charge on any atom is 0.263 e. The first kappa shape index (κ1) is 16.9. The van der Waals surface area contributed by atoms with Crippen molar-refractivity contribution in [1.82, 2.24) is 15.4 Å². The summed E-state index contributed by atoms with van der Waals surface area (Å²) in [4.78, 5) is 16.9. The predicted octanol–water partition coefficient (Wildman–Crippen LogP) is 0.370. The van der Waals surface area contributed by atoms with E-state index in [0.29, 0.717) is 11.6 Å². The number of aliphatic imine (C=N–C) groups is 1. The van der Waals surface area contributed by atoms with Gasteiger partial charge in [0.05, 0.1) is 4.90 Å². The second kappa shape index (κ2) is 6.52. The van der Waals surface area contributed by atoms with Gasteiger partial charge in [0, 0.05) is 17.6 Å². The Balaban J connectivity index is 1.73. The second-order valence-electron chi connectivity index (χ2n) is 6.34. The summed E-state index contributed by atoms with van der Waals surface area (Å²) in [7, 11) is -3.58. The fourth-order valence-corrected chi connectivity index (χ4v) is 4.31. The number of hydrogen-bond donors (Lipinski definition) is 3. The van der Waals surface area contributed by atoms with Gasteiger partial charge < -0.3 is 10.6 Å². The molecule has 0 spiro atoms. The Hall–Kier alpha value is -1.93. The summed E-state index contributed by atoms with van der Waals surface area (Å²) in [6.07, 6.45) is 1.76. The summed E-state index contributed by atoms with van der Waals surface area (Å²) in [5.41, 5.74) is 0.507. The minimum atomic E-state index is -3.58. The summed E-state index contributed by atoms with van der Waals surface area (Å²) in [5, 5.41) is 6.34. The molecule has 3 unspecified atom stereocenters. The molecule has 1 aromatic rings. The van der Waals surface area contributed by atoms with Crippen LogP contribution in [-0.4, -0.2) is 44.8 Å². The molecule has 2 heterocycles. The van der Waals surface area contributed by atoms with Gasteiger partial charge in [-0.2, -0.15) is 0 Å². The van der Waals surface area contributed by atoms with E-state index in [1.165, 1.54) is 6.07 Å². The van der Waals surface area contributed by atoms with E-state index < -0.39 is 16.1 Å². The Morgan fingerprint density at radius 1 is 1.38 bits per heavy atom. The molecule has 0 radical (unpaired) electrons. The number of carbonyl (C=O) groups is 1. The Morgan fingerprint density at radius 2 is 2.12 bits per heavy atom. The molecular formula is C16H22N4O3S. The molecule has 24 heavy (non-hydrogen) atoms. The zero-order valence-electron chi connectivity index (χ0n) is 13.7. The van der Waals surface area contributed by atoms with Gasteiger partial charge >= 0.3 is 0 Å². The summed E-state index contributed by atoms with van der Waals surface area (Å²) < 4.78 is 26.6. The number of rotatable bonds is 3. The first-order chi connectivity index (χ1) is 11.4. The molecule has 1 amide bonds. The number of nitrogens with one attached hydrogen (secondary N) is 3. The van der Waals surface area contributed by atoms with Gasteiger partial charge in [0.2, 0.25) is 5.91 Å². The molecule has 2 aliphatic rings. The van der Waals surface area contributed by atoms with E-state index in [1.54, 1.807) is 25.1 Å². The van der Waals surface area contributed by atoms with E-state index in [1.807, 2.05) is 0 Å². The fourth-order valence-electron chi connectivity index (χ4n) is 3.07. The number of nitrogens with zero attached hydrogens (tertiary/aromatic N) is 1. The lowest BCUT2D eigenvalue weighted by atomic mass is 10.0. The third-order valence-electron chi connectivity index (χ3n) is 4.33. The Kier molecular flexibility index (Phi) is 4.60. The standard InChI is InChI=1S/C16H22N4O3S/c1-10-9-12(7-8-17-10)19-16(21)11(2)18-15-13-5-3-4-6-14(13)24(22,23)20-15/h3-6,10-12,17H,7-9H2,1-2H3,(H,18,20)(H,19,21). The van der Waals surface area contributed by atoms with Crippen molar-refractivity contribution in [2.24, 2.45) is 4.99 Å². The van der Waals surface area contributed by atoms with E-state index >= 15 is 0 Å². The van der Waals surface area contributed by atoms with Crippen molar-refractivity contribution in [3.8, 4) is 0 Å². The van der Waals surface area contributed by atoms with E-state index in [4.69, 9.17) is 0 Å². The zero-order valence-corrected chi connectivity index (χ0v) is 14.6. The van der Waals surface area contributed by atoms with Gasteiger partial charge in [-0.25, -0.2) is 8.42 Å². The number of amidine groups is 1. The molecule has 130 valence electrons. The fraction of sp³-hybridized carbons (Fsp3) is 0.500. The number of sulfonamides is 1. The molecular weight excluding hydrogens is 328 g/mol. The summed E-state index contributed by atoms with van der Waals surface area (Å²) in [5.74, 6) is 0.0390. The number of hydrogen-bond acceptors (Lipinski definition) is 5. The molecule has 3 N–H and O–H groups in total.